The molecule has 1 heterocycles. The summed E-state index contributed by atoms with van der Waals surface area (Å²) in [7, 11) is -3.23. The molecule has 6 nitrogen and oxygen atoms in total. The van der Waals surface area contributed by atoms with Crippen LogP contribution in [0.5, 0.6) is 0 Å². The van der Waals surface area contributed by atoms with Crippen molar-refractivity contribution in [2.75, 3.05) is 10.5 Å². The van der Waals surface area contributed by atoms with Crippen molar-refractivity contribution >= 4 is 16.0 Å². The molecular formula is C6H10N4O2S. The fourth-order valence-corrected chi connectivity index (χ4v) is 2.47. The van der Waals surface area contributed by atoms with Crippen molar-refractivity contribution in [3.63, 3.8) is 0 Å². The Bertz CT molecular complexity index is 367. The van der Waals surface area contributed by atoms with E-state index < -0.39 is 10.0 Å². The first-order valence-corrected chi connectivity index (χ1v) is 5.67. The highest BCUT2D eigenvalue weighted by Gasteiger charge is 2.28. The SMILES string of the molecule is O=S(=O)(CC1CC1)Nc1ncn[nH]1. The van der Waals surface area contributed by atoms with E-state index >= 15 is 0 Å². The van der Waals surface area contributed by atoms with Crippen molar-refractivity contribution in [1.29, 1.82) is 0 Å². The van der Waals surface area contributed by atoms with Crippen molar-refractivity contribution in [3.05, 3.63) is 6.33 Å². The molecular weight excluding hydrogens is 192 g/mol. The first-order chi connectivity index (χ1) is 6.16. The first-order valence-electron chi connectivity index (χ1n) is 4.01. The highest BCUT2D eigenvalue weighted by atomic mass is 32.2. The molecule has 2 rings (SSSR count). The van der Waals surface area contributed by atoms with Gasteiger partial charge in [0.25, 0.3) is 0 Å². The Morgan fingerprint density at radius 3 is 2.92 bits per heavy atom. The van der Waals surface area contributed by atoms with Crippen LogP contribution in [0.3, 0.4) is 0 Å². The molecule has 1 saturated carbocycles. The van der Waals surface area contributed by atoms with E-state index in [4.69, 9.17) is 0 Å². The molecule has 0 amide bonds. The lowest BCUT2D eigenvalue weighted by Crippen LogP contribution is -2.18. The van der Waals surface area contributed by atoms with E-state index in [-0.39, 0.29) is 11.7 Å². The zero-order valence-corrected chi connectivity index (χ0v) is 7.71. The summed E-state index contributed by atoms with van der Waals surface area (Å²) in [6.07, 6.45) is 3.28. The van der Waals surface area contributed by atoms with Gasteiger partial charge in [-0.25, -0.2) is 13.5 Å². The van der Waals surface area contributed by atoms with Crippen LogP contribution in [0.4, 0.5) is 5.95 Å². The summed E-state index contributed by atoms with van der Waals surface area (Å²) in [5.74, 6) is 0.703. The second-order valence-corrected chi connectivity index (χ2v) is 4.93. The maximum absolute atomic E-state index is 11.3. The summed E-state index contributed by atoms with van der Waals surface area (Å²) in [5, 5.41) is 5.97. The van der Waals surface area contributed by atoms with E-state index in [1.807, 2.05) is 0 Å². The molecule has 1 aliphatic rings. The summed E-state index contributed by atoms with van der Waals surface area (Å²) in [6.45, 7) is 0. The normalized spacial score (nSPS) is 17.2. The molecule has 1 fully saturated rings. The minimum Gasteiger partial charge on any atom is -0.252 e. The van der Waals surface area contributed by atoms with Crippen molar-refractivity contribution in [2.24, 2.45) is 5.92 Å². The molecule has 1 aromatic heterocycles. The topological polar surface area (TPSA) is 87.7 Å². The summed E-state index contributed by atoms with van der Waals surface area (Å²) >= 11 is 0. The Morgan fingerprint density at radius 1 is 1.62 bits per heavy atom. The van der Waals surface area contributed by atoms with Gasteiger partial charge in [0.2, 0.25) is 16.0 Å². The average Bonchev–Trinajstić information content (AvgIpc) is 2.64. The molecule has 72 valence electrons. The van der Waals surface area contributed by atoms with E-state index in [9.17, 15) is 8.42 Å². The molecule has 0 spiro atoms. The number of rotatable bonds is 4. The quantitative estimate of drug-likeness (QED) is 0.717. The third kappa shape index (κ3) is 2.41. The molecule has 7 heteroatoms. The maximum Gasteiger partial charge on any atom is 0.235 e. The van der Waals surface area contributed by atoms with Crippen LogP contribution < -0.4 is 4.72 Å². The predicted molar refractivity (Wildman–Crippen MR) is 46.5 cm³/mol. The number of nitrogens with one attached hydrogen (secondary N) is 2. The van der Waals surface area contributed by atoms with Crippen molar-refractivity contribution in [1.82, 2.24) is 15.2 Å². The second kappa shape index (κ2) is 2.99. The smallest absolute Gasteiger partial charge is 0.235 e. The van der Waals surface area contributed by atoms with Gasteiger partial charge in [-0.05, 0) is 18.8 Å². The van der Waals surface area contributed by atoms with Crippen LogP contribution in [0.15, 0.2) is 6.33 Å². The number of aromatic amines is 1. The highest BCUT2D eigenvalue weighted by Crippen LogP contribution is 2.30. The van der Waals surface area contributed by atoms with Gasteiger partial charge in [0.1, 0.15) is 6.33 Å². The number of H-pyrrole nitrogens is 1. The zero-order valence-electron chi connectivity index (χ0n) is 6.90. The van der Waals surface area contributed by atoms with E-state index in [1.54, 1.807) is 0 Å². The maximum atomic E-state index is 11.3. The lowest BCUT2D eigenvalue weighted by atomic mass is 10.5. The fourth-order valence-electron chi connectivity index (χ4n) is 1.04. The van der Waals surface area contributed by atoms with Gasteiger partial charge in [-0.15, -0.1) is 0 Å². The van der Waals surface area contributed by atoms with E-state index in [1.165, 1.54) is 6.33 Å². The molecule has 1 aromatic rings. The number of hydrogen-bond donors (Lipinski definition) is 2. The van der Waals surface area contributed by atoms with Crippen LogP contribution in [0.25, 0.3) is 0 Å². The molecule has 0 bridgehead atoms. The van der Waals surface area contributed by atoms with Gasteiger partial charge in [0.05, 0.1) is 5.75 Å². The van der Waals surface area contributed by atoms with E-state index in [2.05, 4.69) is 19.9 Å². The van der Waals surface area contributed by atoms with Gasteiger partial charge < -0.3 is 0 Å². The third-order valence-electron chi connectivity index (χ3n) is 1.82. The summed E-state index contributed by atoms with van der Waals surface area (Å²) in [4.78, 5) is 3.67. The predicted octanol–water partition coefficient (Wildman–Crippen LogP) is -0.0436. The molecule has 2 N–H and O–H groups in total. The number of aromatic nitrogens is 3. The Hall–Kier alpha value is -1.11. The molecule has 0 unspecified atom stereocenters. The monoisotopic (exact) mass is 202 g/mol. The summed E-state index contributed by atoms with van der Waals surface area (Å²) < 4.78 is 25.0. The first kappa shape index (κ1) is 8.49. The average molecular weight is 202 g/mol. The molecule has 0 radical (unpaired) electrons. The standard InChI is InChI=1S/C6H10N4O2S/c11-13(12,3-5-1-2-5)10-6-7-4-8-9-6/h4-5H,1-3H2,(H2,7,8,9,10). The lowest BCUT2D eigenvalue weighted by Gasteiger charge is -2.02. The Balaban J connectivity index is 1.99. The fraction of sp³-hybridized carbons (Fsp3) is 0.667. The Labute approximate surface area is 75.8 Å². The minimum absolute atomic E-state index is 0.181. The number of nitrogens with zero attached hydrogens (tertiary/aromatic N) is 2. The van der Waals surface area contributed by atoms with E-state index in [0.29, 0.717) is 5.92 Å². The molecule has 0 saturated heterocycles. The third-order valence-corrected chi connectivity index (χ3v) is 3.23. The summed E-state index contributed by atoms with van der Waals surface area (Å²) in [5.41, 5.74) is 0. The number of hydrogen-bond acceptors (Lipinski definition) is 4. The zero-order chi connectivity index (χ0) is 9.31. The molecule has 0 aromatic carbocycles. The number of anilines is 1. The largest absolute Gasteiger partial charge is 0.252 e. The highest BCUT2D eigenvalue weighted by molar-refractivity contribution is 7.92. The van der Waals surface area contributed by atoms with Gasteiger partial charge in [-0.3, -0.25) is 4.72 Å². The van der Waals surface area contributed by atoms with Crippen LogP contribution in [-0.2, 0) is 10.0 Å². The van der Waals surface area contributed by atoms with Crippen molar-refractivity contribution in [3.8, 4) is 0 Å². The van der Waals surface area contributed by atoms with Crippen LogP contribution in [-0.4, -0.2) is 29.4 Å². The minimum atomic E-state index is -3.23. The molecule has 1 aliphatic carbocycles. The van der Waals surface area contributed by atoms with Gasteiger partial charge in [-0.2, -0.15) is 10.1 Å². The summed E-state index contributed by atoms with van der Waals surface area (Å²) in [6, 6.07) is 0. The van der Waals surface area contributed by atoms with Gasteiger partial charge >= 0.3 is 0 Å². The van der Waals surface area contributed by atoms with Gasteiger partial charge in [0, 0.05) is 0 Å². The van der Waals surface area contributed by atoms with Gasteiger partial charge in [-0.1, -0.05) is 0 Å². The van der Waals surface area contributed by atoms with Crippen molar-refractivity contribution < 1.29 is 8.42 Å². The molecule has 0 aliphatic heterocycles. The van der Waals surface area contributed by atoms with Crippen LogP contribution in [0.2, 0.25) is 0 Å². The van der Waals surface area contributed by atoms with Crippen molar-refractivity contribution in [2.45, 2.75) is 12.8 Å². The van der Waals surface area contributed by atoms with Crippen LogP contribution in [0.1, 0.15) is 12.8 Å². The lowest BCUT2D eigenvalue weighted by molar-refractivity contribution is 0.597. The second-order valence-electron chi connectivity index (χ2n) is 3.16. The van der Waals surface area contributed by atoms with Gasteiger partial charge in [0.15, 0.2) is 0 Å². The Morgan fingerprint density at radius 2 is 2.38 bits per heavy atom. The molecule has 0 atom stereocenters. The van der Waals surface area contributed by atoms with Crippen LogP contribution in [0, 0.1) is 5.92 Å². The Kier molecular flexibility index (Phi) is 1.95. The van der Waals surface area contributed by atoms with E-state index in [0.717, 1.165) is 12.8 Å². The number of sulfonamides is 1. The van der Waals surface area contributed by atoms with Crippen LogP contribution >= 0.6 is 0 Å². The molecule has 13 heavy (non-hydrogen) atoms.